The van der Waals surface area contributed by atoms with E-state index in [-0.39, 0.29) is 5.91 Å². The molecular formula is C26H30N4O3. The monoisotopic (exact) mass is 446 g/mol. The van der Waals surface area contributed by atoms with Gasteiger partial charge in [-0.25, -0.2) is 0 Å². The van der Waals surface area contributed by atoms with E-state index in [2.05, 4.69) is 15.1 Å². The van der Waals surface area contributed by atoms with Gasteiger partial charge < -0.3 is 19.3 Å². The Kier molecular flexibility index (Phi) is 6.77. The van der Waals surface area contributed by atoms with E-state index >= 15 is 0 Å². The first-order valence-electron chi connectivity index (χ1n) is 11.2. The Morgan fingerprint density at radius 2 is 1.67 bits per heavy atom. The van der Waals surface area contributed by atoms with Crippen molar-refractivity contribution in [2.45, 2.75) is 26.9 Å². The van der Waals surface area contributed by atoms with Crippen LogP contribution in [0.4, 0.5) is 5.82 Å². The molecule has 0 spiro atoms. The summed E-state index contributed by atoms with van der Waals surface area (Å²) in [5.41, 5.74) is 4.02. The van der Waals surface area contributed by atoms with Crippen LogP contribution in [-0.2, 0) is 4.79 Å². The highest BCUT2D eigenvalue weighted by Gasteiger charge is 2.27. The lowest BCUT2D eigenvalue weighted by atomic mass is 10.1. The highest BCUT2D eigenvalue weighted by atomic mass is 16.5. The molecule has 0 N–H and O–H groups in total. The first-order chi connectivity index (χ1) is 16.0. The van der Waals surface area contributed by atoms with Crippen LogP contribution in [0, 0.1) is 13.8 Å². The molecule has 172 valence electrons. The zero-order valence-electron chi connectivity index (χ0n) is 19.6. The lowest BCUT2D eigenvalue weighted by Gasteiger charge is -2.36. The number of methoxy groups -OCH3 is 1. The van der Waals surface area contributed by atoms with Crippen LogP contribution in [-0.4, -0.2) is 60.4 Å². The van der Waals surface area contributed by atoms with Crippen molar-refractivity contribution in [3.05, 3.63) is 65.7 Å². The fourth-order valence-electron chi connectivity index (χ4n) is 3.92. The first kappa shape index (κ1) is 22.6. The van der Waals surface area contributed by atoms with E-state index in [4.69, 9.17) is 9.47 Å². The molecule has 0 aliphatic carbocycles. The largest absolute Gasteiger partial charge is 0.497 e. The number of piperazine rings is 1. The van der Waals surface area contributed by atoms with Gasteiger partial charge in [-0.2, -0.15) is 0 Å². The second-order valence-corrected chi connectivity index (χ2v) is 8.28. The smallest absolute Gasteiger partial charge is 0.263 e. The minimum atomic E-state index is -0.527. The van der Waals surface area contributed by atoms with E-state index in [0.717, 1.165) is 39.7 Å². The molecule has 1 fully saturated rings. The van der Waals surface area contributed by atoms with Gasteiger partial charge in [0.15, 0.2) is 11.9 Å². The number of aromatic nitrogens is 2. The molecule has 1 aromatic heterocycles. The van der Waals surface area contributed by atoms with E-state index in [1.165, 1.54) is 0 Å². The molecule has 1 saturated heterocycles. The molecule has 4 rings (SSSR count). The molecule has 0 saturated carbocycles. The summed E-state index contributed by atoms with van der Waals surface area (Å²) in [4.78, 5) is 17.0. The SMILES string of the molecule is COc1ccc(-c2ccc(N3CCN(C(=O)C(C)Oc4cccc(C)c4C)CC3)nn2)cc1. The quantitative estimate of drug-likeness (QED) is 0.572. The molecule has 0 radical (unpaired) electrons. The van der Waals surface area contributed by atoms with Crippen molar-refractivity contribution in [2.24, 2.45) is 0 Å². The second-order valence-electron chi connectivity index (χ2n) is 8.28. The highest BCUT2D eigenvalue weighted by molar-refractivity contribution is 5.81. The van der Waals surface area contributed by atoms with Crippen molar-refractivity contribution in [3.8, 4) is 22.8 Å². The fraction of sp³-hybridized carbons (Fsp3) is 0.346. The number of benzene rings is 2. The van der Waals surface area contributed by atoms with Crippen LogP contribution in [0.1, 0.15) is 18.1 Å². The Morgan fingerprint density at radius 1 is 0.939 bits per heavy atom. The maximum absolute atomic E-state index is 12.9. The topological polar surface area (TPSA) is 67.8 Å². The normalized spacial score (nSPS) is 14.7. The van der Waals surface area contributed by atoms with Gasteiger partial charge in [0.1, 0.15) is 11.5 Å². The zero-order chi connectivity index (χ0) is 23.4. The summed E-state index contributed by atoms with van der Waals surface area (Å²) in [5.74, 6) is 2.40. The van der Waals surface area contributed by atoms with Crippen LogP contribution < -0.4 is 14.4 Å². The summed E-state index contributed by atoms with van der Waals surface area (Å²) in [6.07, 6.45) is -0.527. The van der Waals surface area contributed by atoms with Gasteiger partial charge in [0, 0.05) is 31.7 Å². The van der Waals surface area contributed by atoms with Crippen molar-refractivity contribution in [3.63, 3.8) is 0 Å². The molecule has 1 unspecified atom stereocenters. The van der Waals surface area contributed by atoms with Crippen LogP contribution in [0.5, 0.6) is 11.5 Å². The summed E-state index contributed by atoms with van der Waals surface area (Å²) in [5, 5.41) is 8.81. The molecule has 1 amide bonds. The summed E-state index contributed by atoms with van der Waals surface area (Å²) in [7, 11) is 1.65. The molecule has 1 atom stereocenters. The van der Waals surface area contributed by atoms with Crippen molar-refractivity contribution in [1.82, 2.24) is 15.1 Å². The van der Waals surface area contributed by atoms with Gasteiger partial charge in [0.25, 0.3) is 5.91 Å². The number of rotatable bonds is 6. The van der Waals surface area contributed by atoms with Gasteiger partial charge >= 0.3 is 0 Å². The molecule has 7 heteroatoms. The van der Waals surface area contributed by atoms with Gasteiger partial charge in [-0.1, -0.05) is 12.1 Å². The number of aryl methyl sites for hydroxylation is 1. The lowest BCUT2D eigenvalue weighted by Crippen LogP contribution is -2.52. The molecule has 3 aromatic rings. The van der Waals surface area contributed by atoms with E-state index in [1.54, 1.807) is 7.11 Å². The number of ether oxygens (including phenoxy) is 2. The first-order valence-corrected chi connectivity index (χ1v) is 11.2. The standard InChI is InChI=1S/C26H30N4O3/c1-18-6-5-7-24(19(18)2)33-20(3)26(31)30-16-14-29(15-17-30)25-13-12-23(27-28-25)21-8-10-22(32-4)11-9-21/h5-13,20H,14-17H2,1-4H3. The Morgan fingerprint density at radius 3 is 2.30 bits per heavy atom. The van der Waals surface area contributed by atoms with Crippen molar-refractivity contribution < 1.29 is 14.3 Å². The molecule has 2 heterocycles. The summed E-state index contributed by atoms with van der Waals surface area (Å²) in [6.45, 7) is 8.54. The lowest BCUT2D eigenvalue weighted by molar-refractivity contribution is -0.138. The number of carbonyl (C=O) groups is 1. The van der Waals surface area contributed by atoms with Crippen LogP contribution in [0.3, 0.4) is 0 Å². The predicted molar refractivity (Wildman–Crippen MR) is 129 cm³/mol. The minimum absolute atomic E-state index is 0.0106. The third-order valence-electron chi connectivity index (χ3n) is 6.16. The zero-order valence-corrected chi connectivity index (χ0v) is 19.6. The van der Waals surface area contributed by atoms with Gasteiger partial charge in [-0.05, 0) is 74.4 Å². The number of carbonyl (C=O) groups excluding carboxylic acids is 1. The number of hydrogen-bond acceptors (Lipinski definition) is 6. The Hall–Kier alpha value is -3.61. The van der Waals surface area contributed by atoms with Crippen LogP contribution >= 0.6 is 0 Å². The van der Waals surface area contributed by atoms with Crippen LogP contribution in [0.2, 0.25) is 0 Å². The maximum Gasteiger partial charge on any atom is 0.263 e. The molecule has 7 nitrogen and oxygen atoms in total. The number of nitrogens with zero attached hydrogens (tertiary/aromatic N) is 4. The third kappa shape index (κ3) is 5.08. The average Bonchev–Trinajstić information content (AvgIpc) is 2.86. The Bertz CT molecular complexity index is 1090. The maximum atomic E-state index is 12.9. The van der Waals surface area contributed by atoms with Crippen molar-refractivity contribution in [2.75, 3.05) is 38.2 Å². The van der Waals surface area contributed by atoms with Crippen LogP contribution in [0.25, 0.3) is 11.3 Å². The van der Waals surface area contributed by atoms with E-state index in [0.29, 0.717) is 26.2 Å². The molecule has 1 aliphatic heterocycles. The van der Waals surface area contributed by atoms with Gasteiger partial charge in [0.2, 0.25) is 0 Å². The second kappa shape index (κ2) is 9.90. The molecular weight excluding hydrogens is 416 g/mol. The highest BCUT2D eigenvalue weighted by Crippen LogP contribution is 2.24. The number of hydrogen-bond donors (Lipinski definition) is 0. The summed E-state index contributed by atoms with van der Waals surface area (Å²) >= 11 is 0. The molecule has 33 heavy (non-hydrogen) atoms. The van der Waals surface area contributed by atoms with Gasteiger partial charge in [0.05, 0.1) is 12.8 Å². The Balaban J connectivity index is 1.33. The van der Waals surface area contributed by atoms with Crippen molar-refractivity contribution in [1.29, 1.82) is 0 Å². The van der Waals surface area contributed by atoms with Gasteiger partial charge in [-0.3, -0.25) is 4.79 Å². The minimum Gasteiger partial charge on any atom is -0.497 e. The number of anilines is 1. The van der Waals surface area contributed by atoms with Crippen molar-refractivity contribution >= 4 is 11.7 Å². The van der Waals surface area contributed by atoms with E-state index in [9.17, 15) is 4.79 Å². The fourth-order valence-corrected chi connectivity index (χ4v) is 3.92. The molecule has 1 aliphatic rings. The summed E-state index contributed by atoms with van der Waals surface area (Å²) in [6, 6.07) is 17.6. The van der Waals surface area contributed by atoms with E-state index < -0.39 is 6.10 Å². The van der Waals surface area contributed by atoms with Gasteiger partial charge in [-0.15, -0.1) is 10.2 Å². The average molecular weight is 447 g/mol. The summed E-state index contributed by atoms with van der Waals surface area (Å²) < 4.78 is 11.2. The third-order valence-corrected chi connectivity index (χ3v) is 6.16. The number of amides is 1. The predicted octanol–water partition coefficient (Wildman–Crippen LogP) is 3.89. The Labute approximate surface area is 195 Å². The molecule has 2 aromatic carbocycles. The molecule has 0 bridgehead atoms. The van der Waals surface area contributed by atoms with E-state index in [1.807, 2.05) is 80.3 Å². The van der Waals surface area contributed by atoms with Crippen LogP contribution in [0.15, 0.2) is 54.6 Å².